The zero-order valence-electron chi connectivity index (χ0n) is 15.8. The number of rotatable bonds is 6. The van der Waals surface area contributed by atoms with E-state index in [1.165, 1.54) is 0 Å². The molecule has 1 amide bonds. The number of carbonyl (C=O) groups excluding carboxylic acids is 1. The first-order valence-electron chi connectivity index (χ1n) is 8.51. The fourth-order valence-corrected chi connectivity index (χ4v) is 1.94. The van der Waals surface area contributed by atoms with E-state index in [0.29, 0.717) is 5.82 Å². The average Bonchev–Trinajstić information content (AvgIpc) is 2.45. The Hall–Kier alpha value is -1.65. The third kappa shape index (κ3) is 5.81. The number of hydrogen-bond acceptors (Lipinski definition) is 4. The lowest BCUT2D eigenvalue weighted by molar-refractivity contribution is -0.122. The van der Waals surface area contributed by atoms with Gasteiger partial charge >= 0.3 is 0 Å². The van der Waals surface area contributed by atoms with Gasteiger partial charge in [-0.05, 0) is 20.3 Å². The highest BCUT2D eigenvalue weighted by Crippen LogP contribution is 2.24. The summed E-state index contributed by atoms with van der Waals surface area (Å²) in [6, 6.07) is 1.78. The van der Waals surface area contributed by atoms with Gasteiger partial charge in [-0.1, -0.05) is 41.5 Å². The van der Waals surface area contributed by atoms with Crippen LogP contribution in [-0.4, -0.2) is 28.0 Å². The predicted octanol–water partition coefficient (Wildman–Crippen LogP) is 3.61. The quantitative estimate of drug-likeness (QED) is 0.840. The minimum atomic E-state index is -0.341. The maximum absolute atomic E-state index is 12.2. The van der Waals surface area contributed by atoms with E-state index in [2.05, 4.69) is 62.1 Å². The van der Waals surface area contributed by atoms with Crippen LogP contribution in [0.25, 0.3) is 0 Å². The van der Waals surface area contributed by atoms with Gasteiger partial charge in [0.1, 0.15) is 17.7 Å². The third-order valence-corrected chi connectivity index (χ3v) is 3.79. The van der Waals surface area contributed by atoms with Crippen molar-refractivity contribution < 1.29 is 4.79 Å². The molecule has 2 atom stereocenters. The lowest BCUT2D eigenvalue weighted by Crippen LogP contribution is -2.42. The topological polar surface area (TPSA) is 66.9 Å². The molecule has 0 aliphatic heterocycles. The van der Waals surface area contributed by atoms with Gasteiger partial charge in [-0.25, -0.2) is 9.97 Å². The Morgan fingerprint density at radius 3 is 2.26 bits per heavy atom. The third-order valence-electron chi connectivity index (χ3n) is 3.79. The summed E-state index contributed by atoms with van der Waals surface area (Å²) in [5.41, 5.74) is 0.916. The SMILES string of the molecule is CCC(C)NC(=O)C(C)Nc1cc(C(C)(C)C)nc(C(C)C)n1. The smallest absolute Gasteiger partial charge is 0.242 e. The first-order valence-corrected chi connectivity index (χ1v) is 8.51. The molecule has 1 aromatic rings. The second-order valence-electron chi connectivity index (χ2n) is 7.59. The zero-order valence-corrected chi connectivity index (χ0v) is 15.8. The van der Waals surface area contributed by atoms with Gasteiger partial charge in [0.25, 0.3) is 0 Å². The van der Waals surface area contributed by atoms with E-state index >= 15 is 0 Å². The maximum atomic E-state index is 12.2. The molecule has 1 heterocycles. The van der Waals surface area contributed by atoms with Crippen LogP contribution in [-0.2, 0) is 10.2 Å². The van der Waals surface area contributed by atoms with Crippen LogP contribution in [0.4, 0.5) is 5.82 Å². The molecule has 0 aliphatic carbocycles. The number of amides is 1. The molecule has 5 heteroatoms. The van der Waals surface area contributed by atoms with Gasteiger partial charge in [0.05, 0.1) is 5.69 Å². The molecule has 0 spiro atoms. The highest BCUT2D eigenvalue weighted by atomic mass is 16.2. The van der Waals surface area contributed by atoms with Gasteiger partial charge in [-0.3, -0.25) is 4.79 Å². The van der Waals surface area contributed by atoms with Crippen LogP contribution in [0.3, 0.4) is 0 Å². The number of anilines is 1. The Balaban J connectivity index is 2.99. The van der Waals surface area contributed by atoms with Crippen LogP contribution in [0.2, 0.25) is 0 Å². The average molecular weight is 320 g/mol. The molecule has 2 unspecified atom stereocenters. The first-order chi connectivity index (χ1) is 10.5. The summed E-state index contributed by atoms with van der Waals surface area (Å²) < 4.78 is 0. The number of hydrogen-bond donors (Lipinski definition) is 2. The van der Waals surface area contributed by atoms with Gasteiger partial charge in [0.2, 0.25) is 5.91 Å². The molecule has 1 rings (SSSR count). The minimum absolute atomic E-state index is 0.0126. The molecule has 1 aromatic heterocycles. The Morgan fingerprint density at radius 1 is 1.17 bits per heavy atom. The van der Waals surface area contributed by atoms with Crippen molar-refractivity contribution in [2.75, 3.05) is 5.32 Å². The van der Waals surface area contributed by atoms with Crippen molar-refractivity contribution in [2.45, 2.75) is 85.2 Å². The molecule has 0 bridgehead atoms. The summed E-state index contributed by atoms with van der Waals surface area (Å²) in [7, 11) is 0. The summed E-state index contributed by atoms with van der Waals surface area (Å²) in [6.45, 7) is 16.4. The van der Waals surface area contributed by atoms with Gasteiger partial charge < -0.3 is 10.6 Å². The molecular formula is C18H32N4O. The minimum Gasteiger partial charge on any atom is -0.359 e. The fraction of sp³-hybridized carbons (Fsp3) is 0.722. The molecule has 0 fully saturated rings. The second kappa shape index (κ2) is 7.75. The molecule has 5 nitrogen and oxygen atoms in total. The molecule has 23 heavy (non-hydrogen) atoms. The van der Waals surface area contributed by atoms with Gasteiger partial charge in [0, 0.05) is 23.4 Å². The molecule has 0 saturated heterocycles. The largest absolute Gasteiger partial charge is 0.359 e. The predicted molar refractivity (Wildman–Crippen MR) is 95.8 cm³/mol. The Kier molecular flexibility index (Phi) is 6.54. The zero-order chi connectivity index (χ0) is 17.8. The molecule has 0 aliphatic rings. The first kappa shape index (κ1) is 19.4. The Bertz CT molecular complexity index is 534. The lowest BCUT2D eigenvalue weighted by atomic mass is 9.91. The van der Waals surface area contributed by atoms with Crippen molar-refractivity contribution >= 4 is 11.7 Å². The summed E-state index contributed by atoms with van der Waals surface area (Å²) in [5.74, 6) is 1.73. The van der Waals surface area contributed by atoms with Crippen LogP contribution in [0.5, 0.6) is 0 Å². The summed E-state index contributed by atoms with van der Waals surface area (Å²) in [4.78, 5) is 21.4. The molecule has 2 N–H and O–H groups in total. The number of aromatic nitrogens is 2. The van der Waals surface area contributed by atoms with E-state index in [9.17, 15) is 4.79 Å². The summed E-state index contributed by atoms with van der Waals surface area (Å²) >= 11 is 0. The lowest BCUT2D eigenvalue weighted by Gasteiger charge is -2.22. The van der Waals surface area contributed by atoms with Gasteiger partial charge in [0.15, 0.2) is 0 Å². The Labute approximate surface area is 140 Å². The maximum Gasteiger partial charge on any atom is 0.242 e. The van der Waals surface area contributed by atoms with Crippen molar-refractivity contribution in [3.63, 3.8) is 0 Å². The van der Waals surface area contributed by atoms with Gasteiger partial charge in [-0.2, -0.15) is 0 Å². The van der Waals surface area contributed by atoms with Gasteiger partial charge in [-0.15, -0.1) is 0 Å². The van der Waals surface area contributed by atoms with E-state index < -0.39 is 0 Å². The van der Waals surface area contributed by atoms with E-state index in [1.54, 1.807) is 0 Å². The van der Waals surface area contributed by atoms with E-state index in [0.717, 1.165) is 17.9 Å². The Morgan fingerprint density at radius 2 is 1.78 bits per heavy atom. The second-order valence-corrected chi connectivity index (χ2v) is 7.59. The standard InChI is InChI=1S/C18H32N4O/c1-9-12(4)19-17(23)13(5)20-15-10-14(18(6,7)8)21-16(22-15)11(2)3/h10-13H,9H2,1-8H3,(H,19,23)(H,20,21,22). The fourth-order valence-electron chi connectivity index (χ4n) is 1.94. The molecule has 0 aromatic carbocycles. The van der Waals surface area contributed by atoms with Crippen molar-refractivity contribution in [3.8, 4) is 0 Å². The van der Waals surface area contributed by atoms with Crippen LogP contribution in [0.1, 0.15) is 79.2 Å². The van der Waals surface area contributed by atoms with E-state index in [-0.39, 0.29) is 29.3 Å². The van der Waals surface area contributed by atoms with E-state index in [4.69, 9.17) is 0 Å². The molecule has 130 valence electrons. The normalized spacial score (nSPS) is 14.5. The molecule has 0 saturated carbocycles. The van der Waals surface area contributed by atoms with Crippen molar-refractivity contribution in [2.24, 2.45) is 0 Å². The van der Waals surface area contributed by atoms with E-state index in [1.807, 2.05) is 19.9 Å². The number of nitrogens with zero attached hydrogens (tertiary/aromatic N) is 2. The van der Waals surface area contributed by atoms with Crippen molar-refractivity contribution in [1.29, 1.82) is 0 Å². The monoisotopic (exact) mass is 320 g/mol. The van der Waals surface area contributed by atoms with Crippen molar-refractivity contribution in [3.05, 3.63) is 17.6 Å². The number of carbonyl (C=O) groups is 1. The molecule has 0 radical (unpaired) electrons. The van der Waals surface area contributed by atoms with Crippen molar-refractivity contribution in [1.82, 2.24) is 15.3 Å². The summed E-state index contributed by atoms with van der Waals surface area (Å²) in [5, 5.41) is 6.20. The highest BCUT2D eigenvalue weighted by Gasteiger charge is 2.21. The van der Waals surface area contributed by atoms with Crippen LogP contribution >= 0.6 is 0 Å². The number of nitrogens with one attached hydrogen (secondary N) is 2. The van der Waals surface area contributed by atoms with Crippen LogP contribution < -0.4 is 10.6 Å². The highest BCUT2D eigenvalue weighted by molar-refractivity contribution is 5.84. The summed E-state index contributed by atoms with van der Waals surface area (Å²) in [6.07, 6.45) is 0.914. The van der Waals surface area contributed by atoms with Crippen LogP contribution in [0, 0.1) is 0 Å². The van der Waals surface area contributed by atoms with Crippen LogP contribution in [0.15, 0.2) is 6.07 Å². The molecular weight excluding hydrogens is 288 g/mol.